The molecule has 0 bridgehead atoms. The Morgan fingerprint density at radius 2 is 1.91 bits per heavy atom. The van der Waals surface area contributed by atoms with Crippen LogP contribution in [-0.2, 0) is 16.0 Å². The molecule has 1 aliphatic heterocycles. The lowest BCUT2D eigenvalue weighted by atomic mass is 9.48. The fraction of sp³-hybridized carbons (Fsp3) is 0.655. The van der Waals surface area contributed by atoms with E-state index in [2.05, 4.69) is 33.8 Å². The summed E-state index contributed by atoms with van der Waals surface area (Å²) >= 11 is 0. The van der Waals surface area contributed by atoms with E-state index in [4.69, 9.17) is 4.74 Å². The number of amides is 2. The summed E-state index contributed by atoms with van der Waals surface area (Å²) in [6, 6.07) is 9.49. The van der Waals surface area contributed by atoms with Crippen LogP contribution in [0.5, 0.6) is 0 Å². The summed E-state index contributed by atoms with van der Waals surface area (Å²) in [5.41, 5.74) is 2.78. The molecule has 1 saturated heterocycles. The van der Waals surface area contributed by atoms with Crippen molar-refractivity contribution in [2.24, 2.45) is 28.6 Å². The molecule has 1 N–H and O–H groups in total. The van der Waals surface area contributed by atoms with Crippen LogP contribution in [0.25, 0.3) is 0 Å². The monoisotopic (exact) mass is 467 g/mol. The number of aliphatic hydroxyl groups is 1. The van der Waals surface area contributed by atoms with Gasteiger partial charge in [0.1, 0.15) is 6.61 Å². The molecule has 186 valence electrons. The van der Waals surface area contributed by atoms with Crippen molar-refractivity contribution in [3.63, 3.8) is 0 Å². The zero-order valence-electron chi connectivity index (χ0n) is 21.4. The van der Waals surface area contributed by atoms with E-state index in [1.807, 2.05) is 30.3 Å². The van der Waals surface area contributed by atoms with Gasteiger partial charge in [0.25, 0.3) is 0 Å². The molecular weight excluding hydrogens is 426 g/mol. The molecule has 2 aliphatic carbocycles. The maximum Gasteiger partial charge on any atom is 0.416 e. The van der Waals surface area contributed by atoms with Gasteiger partial charge < -0.3 is 9.84 Å². The van der Waals surface area contributed by atoms with Crippen LogP contribution in [0.15, 0.2) is 42.0 Å². The van der Waals surface area contributed by atoms with Crippen molar-refractivity contribution in [3.05, 3.63) is 47.5 Å². The molecule has 0 aromatic heterocycles. The third kappa shape index (κ3) is 4.56. The van der Waals surface area contributed by atoms with Gasteiger partial charge in [0.2, 0.25) is 5.91 Å². The van der Waals surface area contributed by atoms with Crippen molar-refractivity contribution in [2.45, 2.75) is 85.3 Å². The molecule has 5 heteroatoms. The van der Waals surface area contributed by atoms with Crippen LogP contribution >= 0.6 is 0 Å². The average Bonchev–Trinajstić information content (AvgIpc) is 3.15. The highest BCUT2D eigenvalue weighted by molar-refractivity contribution is 5.95. The molecule has 1 saturated carbocycles. The molecule has 2 amide bonds. The number of nitrogens with zero attached hydrogens (tertiary/aromatic N) is 1. The first-order valence-corrected chi connectivity index (χ1v) is 12.9. The van der Waals surface area contributed by atoms with Crippen molar-refractivity contribution in [2.75, 3.05) is 6.61 Å². The first kappa shape index (κ1) is 25.0. The number of cyclic esters (lactones) is 1. The van der Waals surface area contributed by atoms with Gasteiger partial charge in [0.15, 0.2) is 0 Å². The van der Waals surface area contributed by atoms with Gasteiger partial charge in [-0.2, -0.15) is 0 Å². The number of hydrogen-bond donors (Lipinski definition) is 1. The van der Waals surface area contributed by atoms with Crippen LogP contribution in [0.1, 0.15) is 72.3 Å². The highest BCUT2D eigenvalue weighted by Gasteiger charge is 2.52. The van der Waals surface area contributed by atoms with Gasteiger partial charge in [-0.25, -0.2) is 9.69 Å². The van der Waals surface area contributed by atoms with Crippen molar-refractivity contribution < 1.29 is 19.4 Å². The number of imide groups is 1. The smallest absolute Gasteiger partial charge is 0.416 e. The maximum atomic E-state index is 13.4. The molecule has 0 radical (unpaired) electrons. The Kier molecular flexibility index (Phi) is 6.97. The predicted octanol–water partition coefficient (Wildman–Crippen LogP) is 5.76. The van der Waals surface area contributed by atoms with Crippen LogP contribution < -0.4 is 0 Å². The number of rotatable bonds is 6. The SMILES string of the molecule is CC1=CC[C@H]2C(C)(C)CCC[C@]2(C)[C@H]1C[C@@H](O)[C@H](C)C(=O)N1C(=O)OC[C@@H]1Cc1ccccc1. The van der Waals surface area contributed by atoms with Crippen molar-refractivity contribution in [1.82, 2.24) is 4.90 Å². The normalized spacial score (nSPS) is 32.4. The largest absolute Gasteiger partial charge is 0.447 e. The van der Waals surface area contributed by atoms with E-state index in [1.54, 1.807) is 6.92 Å². The third-order valence-corrected chi connectivity index (χ3v) is 9.25. The van der Waals surface area contributed by atoms with E-state index in [9.17, 15) is 14.7 Å². The number of fused-ring (bicyclic) bond motifs is 1. The lowest BCUT2D eigenvalue weighted by Gasteiger charge is -2.57. The van der Waals surface area contributed by atoms with E-state index in [0.717, 1.165) is 18.4 Å². The molecule has 1 heterocycles. The molecule has 1 aromatic carbocycles. The van der Waals surface area contributed by atoms with Gasteiger partial charge in [-0.1, -0.05) is 76.1 Å². The maximum absolute atomic E-state index is 13.4. The third-order valence-electron chi connectivity index (χ3n) is 9.25. The van der Waals surface area contributed by atoms with Gasteiger partial charge >= 0.3 is 6.09 Å². The quantitative estimate of drug-likeness (QED) is 0.540. The van der Waals surface area contributed by atoms with Crippen molar-refractivity contribution in [1.29, 1.82) is 0 Å². The predicted molar refractivity (Wildman–Crippen MR) is 133 cm³/mol. The lowest BCUT2D eigenvalue weighted by Crippen LogP contribution is -2.50. The summed E-state index contributed by atoms with van der Waals surface area (Å²) in [4.78, 5) is 27.2. The molecule has 2 fully saturated rings. The van der Waals surface area contributed by atoms with Gasteiger partial charge in [-0.05, 0) is 67.3 Å². The second-order valence-electron chi connectivity index (χ2n) is 11.9. The summed E-state index contributed by atoms with van der Waals surface area (Å²) in [7, 11) is 0. The summed E-state index contributed by atoms with van der Waals surface area (Å²) < 4.78 is 5.25. The van der Waals surface area contributed by atoms with Crippen LogP contribution in [-0.4, -0.2) is 40.8 Å². The highest BCUT2D eigenvalue weighted by Crippen LogP contribution is 2.60. The van der Waals surface area contributed by atoms with E-state index in [0.29, 0.717) is 18.8 Å². The fourth-order valence-electron chi connectivity index (χ4n) is 7.19. The van der Waals surface area contributed by atoms with Crippen LogP contribution in [0.4, 0.5) is 4.79 Å². The van der Waals surface area contributed by atoms with E-state index in [1.165, 1.54) is 23.3 Å². The molecule has 5 nitrogen and oxygen atoms in total. The number of benzene rings is 1. The number of aliphatic hydroxyl groups excluding tert-OH is 1. The molecule has 0 unspecified atom stereocenters. The minimum atomic E-state index is -0.813. The Morgan fingerprint density at radius 3 is 2.62 bits per heavy atom. The van der Waals surface area contributed by atoms with Gasteiger partial charge in [0.05, 0.1) is 18.1 Å². The Labute approximate surface area is 204 Å². The molecule has 6 atom stereocenters. The van der Waals surface area contributed by atoms with E-state index >= 15 is 0 Å². The van der Waals surface area contributed by atoms with Gasteiger partial charge in [-0.3, -0.25) is 4.79 Å². The number of carbonyl (C=O) groups is 2. The second kappa shape index (κ2) is 9.49. The fourth-order valence-corrected chi connectivity index (χ4v) is 7.19. The average molecular weight is 468 g/mol. The molecule has 0 spiro atoms. The molecular formula is C29H41NO4. The number of hydrogen-bond acceptors (Lipinski definition) is 4. The highest BCUT2D eigenvalue weighted by atomic mass is 16.6. The Hall–Kier alpha value is -2.14. The Bertz CT molecular complexity index is 939. The zero-order valence-corrected chi connectivity index (χ0v) is 21.4. The van der Waals surface area contributed by atoms with Crippen LogP contribution in [0.2, 0.25) is 0 Å². The zero-order chi connectivity index (χ0) is 24.7. The molecule has 4 rings (SSSR count). The van der Waals surface area contributed by atoms with Gasteiger partial charge in [0, 0.05) is 0 Å². The van der Waals surface area contributed by atoms with E-state index in [-0.39, 0.29) is 35.3 Å². The summed E-state index contributed by atoms with van der Waals surface area (Å²) in [6.07, 6.45) is 6.74. The van der Waals surface area contributed by atoms with Crippen LogP contribution in [0.3, 0.4) is 0 Å². The molecule has 1 aromatic rings. The topological polar surface area (TPSA) is 66.8 Å². The minimum absolute atomic E-state index is 0.118. The van der Waals surface area contributed by atoms with Crippen LogP contribution in [0, 0.1) is 28.6 Å². The number of allylic oxidation sites excluding steroid dienone is 2. The van der Waals surface area contributed by atoms with Gasteiger partial charge in [-0.15, -0.1) is 0 Å². The Balaban J connectivity index is 1.48. The molecule has 3 aliphatic rings. The van der Waals surface area contributed by atoms with Crippen molar-refractivity contribution >= 4 is 12.0 Å². The minimum Gasteiger partial charge on any atom is -0.447 e. The number of ether oxygens (including phenoxy) is 1. The first-order chi connectivity index (χ1) is 16.0. The number of carbonyl (C=O) groups excluding carboxylic acids is 2. The summed E-state index contributed by atoms with van der Waals surface area (Å²) in [6.45, 7) is 11.3. The Morgan fingerprint density at radius 1 is 1.21 bits per heavy atom. The van der Waals surface area contributed by atoms with E-state index < -0.39 is 18.1 Å². The first-order valence-electron chi connectivity index (χ1n) is 12.9. The lowest BCUT2D eigenvalue weighted by molar-refractivity contribution is -0.137. The second-order valence-corrected chi connectivity index (χ2v) is 11.9. The summed E-state index contributed by atoms with van der Waals surface area (Å²) in [5.74, 6) is -0.192. The summed E-state index contributed by atoms with van der Waals surface area (Å²) in [5, 5.41) is 11.3. The standard InChI is InChI=1S/C29H41NO4/c1-19-12-13-25-28(3,4)14-9-15-29(25,5)23(19)17-24(31)20(2)26(32)30-22(18-34-27(30)33)16-21-10-7-6-8-11-21/h6-8,10-12,20,22-25,31H,9,13-18H2,1-5H3/t20-,22-,23-,24+,25-,29+/m0/s1. The molecule has 34 heavy (non-hydrogen) atoms. The van der Waals surface area contributed by atoms with Crippen molar-refractivity contribution in [3.8, 4) is 0 Å².